The number of rotatable bonds is 4. The first-order valence-electron chi connectivity index (χ1n) is 7.55. The Morgan fingerprint density at radius 2 is 2.13 bits per heavy atom. The third-order valence-corrected chi connectivity index (χ3v) is 5.44. The molecule has 0 aliphatic heterocycles. The number of carbonyl (C=O) groups is 2. The van der Waals surface area contributed by atoms with Gasteiger partial charge in [-0.2, -0.15) is 0 Å². The van der Waals surface area contributed by atoms with E-state index in [1.807, 2.05) is 0 Å². The quantitative estimate of drug-likeness (QED) is 0.873. The molecule has 0 amide bonds. The fourth-order valence-electron chi connectivity index (χ4n) is 3.65. The van der Waals surface area contributed by atoms with E-state index in [2.05, 4.69) is 6.92 Å². The second kappa shape index (κ2) is 6.17. The molecule has 0 bridgehead atoms. The topological polar surface area (TPSA) is 63.6 Å². The second-order valence-electron chi connectivity index (χ2n) is 5.88. The van der Waals surface area contributed by atoms with Crippen molar-refractivity contribution in [1.29, 1.82) is 0 Å². The van der Waals surface area contributed by atoms with Gasteiger partial charge in [0.2, 0.25) is 0 Å². The molecule has 1 aromatic rings. The molecule has 2 aliphatic carbocycles. The summed E-state index contributed by atoms with van der Waals surface area (Å²) < 4.78 is 5.27. The normalized spacial score (nSPS) is 22.4. The van der Waals surface area contributed by atoms with Crippen LogP contribution in [0.5, 0.6) is 5.75 Å². The molecule has 3 rings (SSSR count). The summed E-state index contributed by atoms with van der Waals surface area (Å²) in [4.78, 5) is 22.5. The van der Waals surface area contributed by atoms with Crippen LogP contribution in [0.3, 0.4) is 0 Å². The highest BCUT2D eigenvalue weighted by molar-refractivity contribution is 6.44. The van der Waals surface area contributed by atoms with Crippen molar-refractivity contribution >= 4 is 40.5 Å². The number of benzene rings is 1. The van der Waals surface area contributed by atoms with Gasteiger partial charge in [0.25, 0.3) is 0 Å². The Morgan fingerprint density at radius 1 is 1.39 bits per heavy atom. The van der Waals surface area contributed by atoms with Crippen LogP contribution in [0.25, 0.3) is 5.57 Å². The van der Waals surface area contributed by atoms with Gasteiger partial charge in [-0.05, 0) is 48.0 Å². The van der Waals surface area contributed by atoms with Crippen molar-refractivity contribution < 1.29 is 19.4 Å². The first-order valence-corrected chi connectivity index (χ1v) is 8.30. The zero-order valence-corrected chi connectivity index (χ0v) is 14.1. The van der Waals surface area contributed by atoms with Gasteiger partial charge in [0.15, 0.2) is 12.4 Å². The van der Waals surface area contributed by atoms with Crippen LogP contribution in [-0.4, -0.2) is 23.5 Å². The molecular weight excluding hydrogens is 339 g/mol. The number of ether oxygens (including phenoxy) is 1. The first-order chi connectivity index (χ1) is 10.9. The molecule has 0 radical (unpaired) electrons. The summed E-state index contributed by atoms with van der Waals surface area (Å²) in [6.45, 7) is 1.62. The summed E-state index contributed by atoms with van der Waals surface area (Å²) >= 11 is 12.7. The van der Waals surface area contributed by atoms with E-state index < -0.39 is 12.6 Å². The highest BCUT2D eigenvalue weighted by Crippen LogP contribution is 2.56. The van der Waals surface area contributed by atoms with Gasteiger partial charge in [0.1, 0.15) is 10.8 Å². The van der Waals surface area contributed by atoms with Crippen molar-refractivity contribution in [1.82, 2.24) is 0 Å². The van der Waals surface area contributed by atoms with Gasteiger partial charge in [-0.3, -0.25) is 4.79 Å². The summed E-state index contributed by atoms with van der Waals surface area (Å²) in [6, 6.07) is 1.78. The van der Waals surface area contributed by atoms with Gasteiger partial charge in [-0.15, -0.1) is 0 Å². The number of ketones is 1. The Bertz CT molecular complexity index is 724. The molecule has 0 saturated heterocycles. The molecule has 1 aromatic carbocycles. The van der Waals surface area contributed by atoms with E-state index in [1.54, 1.807) is 12.1 Å². The van der Waals surface area contributed by atoms with Crippen molar-refractivity contribution in [3.8, 4) is 5.75 Å². The zero-order valence-electron chi connectivity index (χ0n) is 12.6. The van der Waals surface area contributed by atoms with E-state index in [9.17, 15) is 9.59 Å². The number of halogens is 2. The van der Waals surface area contributed by atoms with E-state index in [-0.39, 0.29) is 28.4 Å². The smallest absolute Gasteiger partial charge is 0.341 e. The van der Waals surface area contributed by atoms with Gasteiger partial charge < -0.3 is 9.84 Å². The molecule has 2 aliphatic rings. The van der Waals surface area contributed by atoms with Crippen LogP contribution in [-0.2, 0) is 9.59 Å². The molecule has 2 atom stereocenters. The number of aliphatic carboxylic acids is 1. The van der Waals surface area contributed by atoms with Crippen molar-refractivity contribution in [3.05, 3.63) is 33.3 Å². The Labute approximate surface area is 144 Å². The van der Waals surface area contributed by atoms with Gasteiger partial charge in [-0.25, -0.2) is 4.79 Å². The van der Waals surface area contributed by atoms with Crippen LogP contribution in [0.4, 0.5) is 0 Å². The summed E-state index contributed by atoms with van der Waals surface area (Å²) in [5.41, 5.74) is 2.78. The maximum Gasteiger partial charge on any atom is 0.341 e. The molecular formula is C17H16Cl2O4. The SMILES string of the molecule is CCC1c2cc(OCC(=O)O)c(Cl)c(Cl)c2C2=CC(=O)CCC21. The predicted octanol–water partition coefficient (Wildman–Crippen LogP) is 4.33. The number of hydrogen-bond donors (Lipinski definition) is 1. The average Bonchev–Trinajstić information content (AvgIpc) is 2.81. The Hall–Kier alpha value is -1.52. The van der Waals surface area contributed by atoms with Crippen LogP contribution in [0.15, 0.2) is 12.1 Å². The molecule has 4 nitrogen and oxygen atoms in total. The first kappa shape index (κ1) is 16.3. The number of fused-ring (bicyclic) bond motifs is 3. The van der Waals surface area contributed by atoms with Crippen LogP contribution in [0.2, 0.25) is 10.0 Å². The van der Waals surface area contributed by atoms with Crippen LogP contribution in [0.1, 0.15) is 43.2 Å². The van der Waals surface area contributed by atoms with E-state index in [0.717, 1.165) is 29.5 Å². The van der Waals surface area contributed by atoms with E-state index in [0.29, 0.717) is 11.4 Å². The highest BCUT2D eigenvalue weighted by Gasteiger charge is 2.40. The standard InChI is InChI=1S/C17H16Cl2O4/c1-2-9-10-4-3-8(20)5-11(10)15-12(9)6-13(16(18)17(15)19)23-7-14(21)22/h5-6,9-10H,2-4,7H2,1H3,(H,21,22). The molecule has 0 heterocycles. The van der Waals surface area contributed by atoms with Crippen molar-refractivity contribution in [3.63, 3.8) is 0 Å². The average molecular weight is 355 g/mol. The minimum Gasteiger partial charge on any atom is -0.480 e. The molecule has 1 N–H and O–H groups in total. The number of carboxylic acids is 1. The van der Waals surface area contributed by atoms with Gasteiger partial charge in [0.05, 0.1) is 5.02 Å². The van der Waals surface area contributed by atoms with Crippen molar-refractivity contribution in [2.45, 2.75) is 32.1 Å². The molecule has 6 heteroatoms. The largest absolute Gasteiger partial charge is 0.480 e. The third-order valence-electron chi connectivity index (χ3n) is 4.59. The molecule has 2 unspecified atom stereocenters. The molecule has 23 heavy (non-hydrogen) atoms. The Balaban J connectivity index is 2.12. The maximum absolute atomic E-state index is 11.8. The molecule has 0 fully saturated rings. The lowest BCUT2D eigenvalue weighted by atomic mass is 9.81. The van der Waals surface area contributed by atoms with Crippen LogP contribution in [0, 0.1) is 5.92 Å². The number of allylic oxidation sites excluding steroid dienone is 2. The number of hydrogen-bond acceptors (Lipinski definition) is 3. The fourth-order valence-corrected chi connectivity index (χ4v) is 4.17. The summed E-state index contributed by atoms with van der Waals surface area (Å²) in [6.07, 6.45) is 3.94. The Kier molecular flexibility index (Phi) is 4.39. The summed E-state index contributed by atoms with van der Waals surface area (Å²) in [7, 11) is 0. The lowest BCUT2D eigenvalue weighted by Gasteiger charge is -2.22. The zero-order chi connectivity index (χ0) is 16.7. The van der Waals surface area contributed by atoms with Crippen LogP contribution >= 0.6 is 23.2 Å². The van der Waals surface area contributed by atoms with E-state index in [1.165, 1.54) is 0 Å². The van der Waals surface area contributed by atoms with Crippen molar-refractivity contribution in [2.75, 3.05) is 6.61 Å². The lowest BCUT2D eigenvalue weighted by molar-refractivity contribution is -0.139. The summed E-state index contributed by atoms with van der Waals surface area (Å²) in [5.74, 6) is -0.187. The van der Waals surface area contributed by atoms with Gasteiger partial charge in [-0.1, -0.05) is 30.1 Å². The maximum atomic E-state index is 11.8. The van der Waals surface area contributed by atoms with E-state index in [4.69, 9.17) is 33.0 Å². The number of carboxylic acid groups (broad SMARTS) is 1. The second-order valence-corrected chi connectivity index (χ2v) is 6.63. The highest BCUT2D eigenvalue weighted by atomic mass is 35.5. The predicted molar refractivity (Wildman–Crippen MR) is 88.3 cm³/mol. The van der Waals surface area contributed by atoms with E-state index >= 15 is 0 Å². The minimum atomic E-state index is -1.08. The third kappa shape index (κ3) is 2.74. The monoisotopic (exact) mass is 354 g/mol. The van der Waals surface area contributed by atoms with Crippen molar-refractivity contribution in [2.24, 2.45) is 5.92 Å². The lowest BCUT2D eigenvalue weighted by Crippen LogP contribution is -2.13. The van der Waals surface area contributed by atoms with Gasteiger partial charge in [0, 0.05) is 12.0 Å². The number of carbonyl (C=O) groups excluding carboxylic acids is 1. The Morgan fingerprint density at radius 3 is 2.78 bits per heavy atom. The van der Waals surface area contributed by atoms with Gasteiger partial charge >= 0.3 is 5.97 Å². The molecule has 0 aromatic heterocycles. The fraction of sp³-hybridized carbons (Fsp3) is 0.412. The minimum absolute atomic E-state index is 0.109. The summed E-state index contributed by atoms with van der Waals surface area (Å²) in [5, 5.41) is 9.31. The molecule has 122 valence electrons. The van der Waals surface area contributed by atoms with Crippen LogP contribution < -0.4 is 4.74 Å². The molecule has 0 saturated carbocycles. The molecule has 0 spiro atoms.